The van der Waals surface area contributed by atoms with Crippen LogP contribution in [0.1, 0.15) is 34.6 Å². The van der Waals surface area contributed by atoms with Gasteiger partial charge in [0.1, 0.15) is 5.69 Å². The molecule has 1 aromatic carbocycles. The normalized spacial score (nSPS) is 11.1. The van der Waals surface area contributed by atoms with Gasteiger partial charge in [0.25, 0.3) is 0 Å². The van der Waals surface area contributed by atoms with Crippen LogP contribution in [0.4, 0.5) is 0 Å². The maximum absolute atomic E-state index is 12.0. The van der Waals surface area contributed by atoms with Crippen molar-refractivity contribution in [1.82, 2.24) is 15.4 Å². The third-order valence-corrected chi connectivity index (χ3v) is 4.51. The first-order valence-electron chi connectivity index (χ1n) is 7.73. The number of aryl methyl sites for hydroxylation is 1. The monoisotopic (exact) mass is 352 g/mol. The number of hydrogen-bond donors (Lipinski definition) is 1. The van der Waals surface area contributed by atoms with Crippen molar-refractivity contribution in [2.75, 3.05) is 0 Å². The summed E-state index contributed by atoms with van der Waals surface area (Å²) in [5.41, 5.74) is 4.35. The number of hydrazone groups is 1. The SMILES string of the molecule is Cc1cncc(C(=O)CCC(=O)N/N=C/c2csc3ccccc23)n1. The zero-order chi connectivity index (χ0) is 17.6. The van der Waals surface area contributed by atoms with Gasteiger partial charge in [0.2, 0.25) is 5.91 Å². The first kappa shape index (κ1) is 16.9. The second kappa shape index (κ2) is 7.76. The molecule has 0 aliphatic rings. The molecule has 0 bridgehead atoms. The van der Waals surface area contributed by atoms with Crippen LogP contribution in [-0.2, 0) is 4.79 Å². The second-order valence-corrected chi connectivity index (χ2v) is 6.36. The van der Waals surface area contributed by atoms with Gasteiger partial charge in [-0.1, -0.05) is 18.2 Å². The molecular weight excluding hydrogens is 336 g/mol. The molecule has 3 rings (SSSR count). The van der Waals surface area contributed by atoms with Crippen molar-refractivity contribution in [3.63, 3.8) is 0 Å². The van der Waals surface area contributed by atoms with Crippen LogP contribution >= 0.6 is 11.3 Å². The second-order valence-electron chi connectivity index (χ2n) is 5.45. The van der Waals surface area contributed by atoms with Gasteiger partial charge in [-0.2, -0.15) is 5.10 Å². The molecule has 0 saturated heterocycles. The van der Waals surface area contributed by atoms with E-state index < -0.39 is 0 Å². The van der Waals surface area contributed by atoms with Gasteiger partial charge in [0.15, 0.2) is 5.78 Å². The van der Waals surface area contributed by atoms with Gasteiger partial charge in [0, 0.05) is 40.1 Å². The van der Waals surface area contributed by atoms with Crippen molar-refractivity contribution in [3.05, 3.63) is 59.0 Å². The number of fused-ring (bicyclic) bond motifs is 1. The Balaban J connectivity index is 1.52. The van der Waals surface area contributed by atoms with E-state index in [0.29, 0.717) is 5.69 Å². The molecule has 3 aromatic rings. The van der Waals surface area contributed by atoms with E-state index in [2.05, 4.69) is 20.5 Å². The third kappa shape index (κ3) is 4.33. The molecule has 126 valence electrons. The number of nitrogens with one attached hydrogen (secondary N) is 1. The van der Waals surface area contributed by atoms with Gasteiger partial charge < -0.3 is 0 Å². The van der Waals surface area contributed by atoms with E-state index in [4.69, 9.17) is 0 Å². The maximum Gasteiger partial charge on any atom is 0.240 e. The topological polar surface area (TPSA) is 84.3 Å². The van der Waals surface area contributed by atoms with Gasteiger partial charge >= 0.3 is 0 Å². The molecule has 2 heterocycles. The smallest absolute Gasteiger partial charge is 0.240 e. The van der Waals surface area contributed by atoms with Crippen LogP contribution in [-0.4, -0.2) is 27.9 Å². The van der Waals surface area contributed by atoms with E-state index in [9.17, 15) is 9.59 Å². The van der Waals surface area contributed by atoms with Gasteiger partial charge in [0.05, 0.1) is 18.1 Å². The minimum absolute atomic E-state index is 0.0518. The highest BCUT2D eigenvalue weighted by atomic mass is 32.1. The Kier molecular flexibility index (Phi) is 5.25. The molecule has 25 heavy (non-hydrogen) atoms. The van der Waals surface area contributed by atoms with Crippen molar-refractivity contribution in [2.24, 2.45) is 5.10 Å². The Hall–Kier alpha value is -2.93. The number of hydrogen-bond acceptors (Lipinski definition) is 6. The Morgan fingerprint density at radius 1 is 1.24 bits per heavy atom. The zero-order valence-electron chi connectivity index (χ0n) is 13.6. The van der Waals surface area contributed by atoms with Crippen LogP contribution in [0.3, 0.4) is 0 Å². The largest absolute Gasteiger partial charge is 0.292 e. The number of benzene rings is 1. The van der Waals surface area contributed by atoms with Crippen molar-refractivity contribution < 1.29 is 9.59 Å². The average molecular weight is 352 g/mol. The molecule has 0 atom stereocenters. The fourth-order valence-electron chi connectivity index (χ4n) is 2.28. The van der Waals surface area contributed by atoms with Crippen LogP contribution in [0.25, 0.3) is 10.1 Å². The van der Waals surface area contributed by atoms with Crippen molar-refractivity contribution >= 4 is 39.3 Å². The van der Waals surface area contributed by atoms with Crippen molar-refractivity contribution in [3.8, 4) is 0 Å². The number of amides is 1. The fraction of sp³-hybridized carbons (Fsp3) is 0.167. The highest BCUT2D eigenvalue weighted by molar-refractivity contribution is 7.17. The lowest BCUT2D eigenvalue weighted by Gasteiger charge is -2.01. The summed E-state index contributed by atoms with van der Waals surface area (Å²) in [6.45, 7) is 1.76. The number of thiophene rings is 1. The van der Waals surface area contributed by atoms with Crippen molar-refractivity contribution in [2.45, 2.75) is 19.8 Å². The number of Topliss-reactive ketones (excluding diaryl/α,β-unsaturated/α-hetero) is 1. The van der Waals surface area contributed by atoms with E-state index in [-0.39, 0.29) is 30.2 Å². The third-order valence-electron chi connectivity index (χ3n) is 3.52. The molecule has 1 N–H and O–H groups in total. The predicted octanol–water partition coefficient (Wildman–Crippen LogP) is 3.11. The summed E-state index contributed by atoms with van der Waals surface area (Å²) in [5, 5.41) is 7.05. The van der Waals surface area contributed by atoms with Crippen LogP contribution < -0.4 is 5.43 Å². The molecule has 0 unspecified atom stereocenters. The quantitative estimate of drug-likeness (QED) is 0.420. The highest BCUT2D eigenvalue weighted by Gasteiger charge is 2.11. The molecule has 0 radical (unpaired) electrons. The number of ketones is 1. The van der Waals surface area contributed by atoms with Crippen LogP contribution in [0.2, 0.25) is 0 Å². The minimum Gasteiger partial charge on any atom is -0.292 e. The molecule has 0 aliphatic heterocycles. The number of rotatable bonds is 6. The minimum atomic E-state index is -0.315. The predicted molar refractivity (Wildman–Crippen MR) is 97.9 cm³/mol. The number of carbonyl (C=O) groups excluding carboxylic acids is 2. The molecule has 1 amide bonds. The first-order chi connectivity index (χ1) is 12.1. The Morgan fingerprint density at radius 2 is 2.08 bits per heavy atom. The maximum atomic E-state index is 12.0. The highest BCUT2D eigenvalue weighted by Crippen LogP contribution is 2.24. The van der Waals surface area contributed by atoms with E-state index in [0.717, 1.165) is 10.9 Å². The van der Waals surface area contributed by atoms with E-state index >= 15 is 0 Å². The summed E-state index contributed by atoms with van der Waals surface area (Å²) in [5.74, 6) is -0.524. The number of nitrogens with zero attached hydrogens (tertiary/aromatic N) is 3. The Labute approximate surface area is 148 Å². The molecular formula is C18H16N4O2S. The van der Waals surface area contributed by atoms with Crippen molar-refractivity contribution in [1.29, 1.82) is 0 Å². The molecule has 0 fully saturated rings. The van der Waals surface area contributed by atoms with Crippen LogP contribution in [0, 0.1) is 6.92 Å². The standard InChI is InChI=1S/C18H16N4O2S/c1-12-8-19-10-15(21-12)16(23)6-7-18(24)22-20-9-13-11-25-17-5-3-2-4-14(13)17/h2-5,8-11H,6-7H2,1H3,(H,22,24)/b20-9+. The van der Waals surface area contributed by atoms with Crippen LogP contribution in [0.15, 0.2) is 47.1 Å². The number of aromatic nitrogens is 2. The first-order valence-corrected chi connectivity index (χ1v) is 8.61. The lowest BCUT2D eigenvalue weighted by Crippen LogP contribution is -2.18. The van der Waals surface area contributed by atoms with Gasteiger partial charge in [-0.15, -0.1) is 11.3 Å². The lowest BCUT2D eigenvalue weighted by atomic mass is 10.1. The Morgan fingerprint density at radius 3 is 2.92 bits per heavy atom. The summed E-state index contributed by atoms with van der Waals surface area (Å²) in [6.07, 6.45) is 4.72. The van der Waals surface area contributed by atoms with Gasteiger partial charge in [-0.25, -0.2) is 10.4 Å². The zero-order valence-corrected chi connectivity index (χ0v) is 14.4. The van der Waals surface area contributed by atoms with Crippen LogP contribution in [0.5, 0.6) is 0 Å². The summed E-state index contributed by atoms with van der Waals surface area (Å²) < 4.78 is 1.17. The van der Waals surface area contributed by atoms with E-state index in [1.807, 2.05) is 29.6 Å². The summed E-state index contributed by atoms with van der Waals surface area (Å²) in [6, 6.07) is 7.99. The Bertz CT molecular complexity index is 949. The summed E-state index contributed by atoms with van der Waals surface area (Å²) >= 11 is 1.62. The molecule has 6 nitrogen and oxygen atoms in total. The molecule has 0 aliphatic carbocycles. The molecule has 2 aromatic heterocycles. The fourth-order valence-corrected chi connectivity index (χ4v) is 3.19. The lowest BCUT2D eigenvalue weighted by molar-refractivity contribution is -0.121. The number of carbonyl (C=O) groups is 2. The van der Waals surface area contributed by atoms with E-state index in [1.54, 1.807) is 30.7 Å². The molecule has 0 spiro atoms. The molecule has 7 heteroatoms. The van der Waals surface area contributed by atoms with E-state index in [1.165, 1.54) is 10.9 Å². The molecule has 0 saturated carbocycles. The van der Waals surface area contributed by atoms with Gasteiger partial charge in [-0.05, 0) is 13.0 Å². The van der Waals surface area contributed by atoms with Gasteiger partial charge in [-0.3, -0.25) is 14.6 Å². The average Bonchev–Trinajstić information content (AvgIpc) is 3.03. The summed E-state index contributed by atoms with van der Waals surface area (Å²) in [4.78, 5) is 31.8. The summed E-state index contributed by atoms with van der Waals surface area (Å²) in [7, 11) is 0.